The first-order valence-electron chi connectivity index (χ1n) is 11.4. The summed E-state index contributed by atoms with van der Waals surface area (Å²) in [6.45, 7) is 3.52. The van der Waals surface area contributed by atoms with Gasteiger partial charge in [-0.15, -0.1) is 0 Å². The minimum Gasteiger partial charge on any atom is -0.491 e. The number of likely N-dealkylation sites (tertiary alicyclic amines) is 1. The van der Waals surface area contributed by atoms with Crippen molar-refractivity contribution in [3.63, 3.8) is 0 Å². The van der Waals surface area contributed by atoms with E-state index in [4.69, 9.17) is 32.7 Å². The number of rotatable bonds is 7. The second-order valence-electron chi connectivity index (χ2n) is 8.15. The normalized spacial score (nSPS) is 20.5. The fourth-order valence-corrected chi connectivity index (χ4v) is 5.83. The first-order chi connectivity index (χ1) is 16.8. The van der Waals surface area contributed by atoms with Gasteiger partial charge in [0.25, 0.3) is 0 Å². The number of methoxy groups -OCH3 is 1. The predicted octanol–water partition coefficient (Wildman–Crippen LogP) is 4.27. The Balaban J connectivity index is 1.98. The zero-order valence-corrected chi connectivity index (χ0v) is 21.9. The highest BCUT2D eigenvalue weighted by molar-refractivity contribution is 8.03. The lowest BCUT2D eigenvalue weighted by molar-refractivity contribution is -0.150. The van der Waals surface area contributed by atoms with Crippen LogP contribution in [0.2, 0.25) is 10.0 Å². The molecule has 2 amide bonds. The number of hydrogen-bond acceptors (Lipinski definition) is 7. The number of carbonyl (C=O) groups excluding carboxylic acids is 3. The first-order valence-corrected chi connectivity index (χ1v) is 13.1. The van der Waals surface area contributed by atoms with Gasteiger partial charge < -0.3 is 19.7 Å². The van der Waals surface area contributed by atoms with Crippen molar-refractivity contribution >= 4 is 52.7 Å². The number of hydrogen-bond donors (Lipinski definition) is 1. The van der Waals surface area contributed by atoms with Gasteiger partial charge in [0, 0.05) is 19.0 Å². The highest BCUT2D eigenvalue weighted by Crippen LogP contribution is 2.44. The van der Waals surface area contributed by atoms with Crippen LogP contribution in [0.4, 0.5) is 0 Å². The fourth-order valence-electron chi connectivity index (χ4n) is 4.27. The molecule has 2 aliphatic rings. The van der Waals surface area contributed by atoms with E-state index >= 15 is 0 Å². The van der Waals surface area contributed by atoms with Crippen LogP contribution in [0.1, 0.15) is 44.1 Å². The van der Waals surface area contributed by atoms with Crippen LogP contribution in [0.3, 0.4) is 0 Å². The Morgan fingerprint density at radius 3 is 2.37 bits per heavy atom. The average Bonchev–Trinajstić information content (AvgIpc) is 3.13. The number of esters is 1. The van der Waals surface area contributed by atoms with E-state index in [1.165, 1.54) is 19.2 Å². The molecule has 2 heterocycles. The van der Waals surface area contributed by atoms with Crippen LogP contribution < -0.4 is 10.1 Å². The Morgan fingerprint density at radius 1 is 1.20 bits per heavy atom. The second-order valence-corrected chi connectivity index (χ2v) is 9.95. The van der Waals surface area contributed by atoms with E-state index in [0.29, 0.717) is 25.3 Å². The summed E-state index contributed by atoms with van der Waals surface area (Å²) in [6.07, 6.45) is 4.11. The molecular formula is C24H27Cl2N3O5S. The van der Waals surface area contributed by atoms with E-state index in [-0.39, 0.29) is 38.1 Å². The SMILES string of the molecule is CCOc1c(Cl)cc([C@@H]2C(C#N)=C(SCC(=O)N3CCCCCC3)NC(=O)[C@@H]2C(=O)OC)cc1Cl. The summed E-state index contributed by atoms with van der Waals surface area (Å²) in [4.78, 5) is 40.2. The molecule has 0 aliphatic carbocycles. The number of ether oxygens (including phenoxy) is 2. The summed E-state index contributed by atoms with van der Waals surface area (Å²) in [6, 6.07) is 5.17. The van der Waals surface area contributed by atoms with Crippen LogP contribution >= 0.6 is 35.0 Å². The molecule has 1 fully saturated rings. The molecule has 0 radical (unpaired) electrons. The average molecular weight is 540 g/mol. The van der Waals surface area contributed by atoms with E-state index < -0.39 is 23.7 Å². The molecule has 8 nitrogen and oxygen atoms in total. The number of halogens is 2. The summed E-state index contributed by atoms with van der Waals surface area (Å²) in [5, 5.41) is 13.3. The Bertz CT molecular complexity index is 1040. The van der Waals surface area contributed by atoms with Crippen molar-refractivity contribution in [1.29, 1.82) is 5.26 Å². The van der Waals surface area contributed by atoms with Gasteiger partial charge in [-0.1, -0.05) is 47.8 Å². The summed E-state index contributed by atoms with van der Waals surface area (Å²) in [5.41, 5.74) is 0.521. The number of nitriles is 1. The Hall–Kier alpha value is -2.41. The number of amides is 2. The van der Waals surface area contributed by atoms with Crippen molar-refractivity contribution < 1.29 is 23.9 Å². The lowest BCUT2D eigenvalue weighted by atomic mass is 9.78. The Labute approximate surface area is 218 Å². The minimum atomic E-state index is -1.33. The van der Waals surface area contributed by atoms with Gasteiger partial charge in [-0.25, -0.2) is 0 Å². The van der Waals surface area contributed by atoms with Crippen molar-refractivity contribution in [3.05, 3.63) is 38.3 Å². The molecular weight excluding hydrogens is 513 g/mol. The monoisotopic (exact) mass is 539 g/mol. The summed E-state index contributed by atoms with van der Waals surface area (Å²) >= 11 is 13.8. The van der Waals surface area contributed by atoms with Gasteiger partial charge in [0.1, 0.15) is 5.92 Å². The first kappa shape index (κ1) is 27.2. The van der Waals surface area contributed by atoms with Crippen molar-refractivity contribution in [2.75, 3.05) is 32.6 Å². The van der Waals surface area contributed by atoms with Crippen LogP contribution in [0.5, 0.6) is 5.75 Å². The minimum absolute atomic E-state index is 0.0567. The van der Waals surface area contributed by atoms with Gasteiger partial charge >= 0.3 is 5.97 Å². The molecule has 11 heteroatoms. The number of allylic oxidation sites excluding steroid dienone is 1. The van der Waals surface area contributed by atoms with Crippen molar-refractivity contribution in [2.24, 2.45) is 5.92 Å². The van der Waals surface area contributed by atoms with E-state index in [1.807, 2.05) is 4.90 Å². The van der Waals surface area contributed by atoms with Gasteiger partial charge in [0.2, 0.25) is 11.8 Å². The molecule has 0 spiro atoms. The van der Waals surface area contributed by atoms with Gasteiger partial charge in [-0.2, -0.15) is 5.26 Å². The van der Waals surface area contributed by atoms with Gasteiger partial charge in [-0.05, 0) is 37.5 Å². The third kappa shape index (κ3) is 6.24. The van der Waals surface area contributed by atoms with E-state index in [0.717, 1.165) is 37.4 Å². The molecule has 1 saturated heterocycles. The smallest absolute Gasteiger partial charge is 0.319 e. The lowest BCUT2D eigenvalue weighted by Crippen LogP contribution is -2.44. The van der Waals surface area contributed by atoms with Crippen LogP contribution in [0.15, 0.2) is 22.7 Å². The Kier molecular flexibility index (Phi) is 9.72. The van der Waals surface area contributed by atoms with Crippen molar-refractivity contribution in [2.45, 2.75) is 38.5 Å². The second kappa shape index (κ2) is 12.5. The van der Waals surface area contributed by atoms with E-state index in [9.17, 15) is 19.6 Å². The molecule has 1 aromatic carbocycles. The molecule has 35 heavy (non-hydrogen) atoms. The van der Waals surface area contributed by atoms with E-state index in [1.54, 1.807) is 6.92 Å². The summed E-state index contributed by atoms with van der Waals surface area (Å²) < 4.78 is 10.3. The fraction of sp³-hybridized carbons (Fsp3) is 0.500. The quantitative estimate of drug-likeness (QED) is 0.407. The van der Waals surface area contributed by atoms with Crippen LogP contribution in [-0.4, -0.2) is 55.2 Å². The largest absolute Gasteiger partial charge is 0.491 e. The van der Waals surface area contributed by atoms with Gasteiger partial charge in [0.05, 0.1) is 46.2 Å². The zero-order valence-electron chi connectivity index (χ0n) is 19.6. The maximum absolute atomic E-state index is 13.0. The van der Waals surface area contributed by atoms with Gasteiger partial charge in [0.15, 0.2) is 5.75 Å². The number of nitrogens with one attached hydrogen (secondary N) is 1. The Morgan fingerprint density at radius 2 is 1.83 bits per heavy atom. The molecule has 0 bridgehead atoms. The molecule has 0 saturated carbocycles. The van der Waals surface area contributed by atoms with Crippen molar-refractivity contribution in [3.8, 4) is 11.8 Å². The zero-order chi connectivity index (χ0) is 25.5. The third-order valence-corrected chi connectivity index (χ3v) is 7.51. The van der Waals surface area contributed by atoms with Crippen LogP contribution in [0.25, 0.3) is 0 Å². The highest BCUT2D eigenvalue weighted by atomic mass is 35.5. The number of benzene rings is 1. The number of thioether (sulfide) groups is 1. The van der Waals surface area contributed by atoms with Gasteiger partial charge in [-0.3, -0.25) is 14.4 Å². The summed E-state index contributed by atoms with van der Waals surface area (Å²) in [5.74, 6) is -3.49. The molecule has 188 valence electrons. The van der Waals surface area contributed by atoms with E-state index in [2.05, 4.69) is 11.4 Å². The molecule has 2 aliphatic heterocycles. The topological polar surface area (TPSA) is 109 Å². The maximum Gasteiger partial charge on any atom is 0.319 e. The standard InChI is InChI=1S/C24H27Cl2N3O5S/c1-3-34-21-16(25)10-14(11-17(21)26)19-15(12-27)23(28-22(31)20(19)24(32)33-2)35-13-18(30)29-8-6-4-5-7-9-29/h10-11,19-20H,3-9,13H2,1-2H3,(H,28,31)/t19-,20-/m1/s1. The maximum atomic E-state index is 13.0. The number of nitrogens with zero attached hydrogens (tertiary/aromatic N) is 2. The van der Waals surface area contributed by atoms with Crippen LogP contribution in [0, 0.1) is 17.2 Å². The van der Waals surface area contributed by atoms with Crippen molar-refractivity contribution in [1.82, 2.24) is 10.2 Å². The highest BCUT2D eigenvalue weighted by Gasteiger charge is 2.45. The lowest BCUT2D eigenvalue weighted by Gasteiger charge is -2.31. The molecule has 1 N–H and O–H groups in total. The van der Waals surface area contributed by atoms with Crippen LogP contribution in [-0.2, 0) is 19.1 Å². The molecule has 1 aromatic rings. The number of carbonyl (C=O) groups is 3. The molecule has 2 atom stereocenters. The summed E-state index contributed by atoms with van der Waals surface area (Å²) in [7, 11) is 1.17. The predicted molar refractivity (Wildman–Crippen MR) is 134 cm³/mol. The molecule has 0 aromatic heterocycles. The molecule has 3 rings (SSSR count). The molecule has 0 unspecified atom stereocenters. The third-order valence-electron chi connectivity index (χ3n) is 5.95.